The summed E-state index contributed by atoms with van der Waals surface area (Å²) < 4.78 is 0. The van der Waals surface area contributed by atoms with Gasteiger partial charge in [0.25, 0.3) is 5.91 Å². The van der Waals surface area contributed by atoms with Crippen LogP contribution in [0.1, 0.15) is 27.9 Å². The summed E-state index contributed by atoms with van der Waals surface area (Å²) in [5.41, 5.74) is 3.51. The van der Waals surface area contributed by atoms with Gasteiger partial charge in [0.05, 0.1) is 12.5 Å². The number of hydrogen-bond donors (Lipinski definition) is 0. The average Bonchev–Trinajstić information content (AvgIpc) is 2.51. The summed E-state index contributed by atoms with van der Waals surface area (Å²) in [5.74, 6) is -0.0577. The Morgan fingerprint density at radius 1 is 1.14 bits per heavy atom. The van der Waals surface area contributed by atoms with Crippen LogP contribution < -0.4 is 4.90 Å². The fourth-order valence-corrected chi connectivity index (χ4v) is 2.23. The summed E-state index contributed by atoms with van der Waals surface area (Å²) in [6, 6.07) is 17.4. The lowest BCUT2D eigenvalue weighted by Crippen LogP contribution is -2.32. The molecule has 0 aliphatic rings. The topological polar surface area (TPSA) is 44.1 Å². The van der Waals surface area contributed by atoms with Crippen molar-refractivity contribution in [1.82, 2.24) is 0 Å². The molecule has 3 nitrogen and oxygen atoms in total. The van der Waals surface area contributed by atoms with Crippen LogP contribution in [-0.4, -0.2) is 12.5 Å². The quantitative estimate of drug-likeness (QED) is 0.852. The normalized spacial score (nSPS) is 9.95. The van der Waals surface area contributed by atoms with E-state index in [9.17, 15) is 4.79 Å². The largest absolute Gasteiger partial charge is 0.307 e. The molecule has 3 heteroatoms. The Morgan fingerprint density at radius 3 is 2.52 bits per heavy atom. The second-order valence-electron chi connectivity index (χ2n) is 5.02. The van der Waals surface area contributed by atoms with Crippen molar-refractivity contribution in [2.45, 2.75) is 20.3 Å². The minimum atomic E-state index is -0.0577. The van der Waals surface area contributed by atoms with Gasteiger partial charge in [-0.2, -0.15) is 5.26 Å². The number of anilines is 1. The maximum Gasteiger partial charge on any atom is 0.258 e. The van der Waals surface area contributed by atoms with Gasteiger partial charge in [-0.3, -0.25) is 4.79 Å². The molecule has 0 spiro atoms. The van der Waals surface area contributed by atoms with E-state index in [1.54, 1.807) is 4.90 Å². The Labute approximate surface area is 125 Å². The van der Waals surface area contributed by atoms with Crippen molar-refractivity contribution in [2.24, 2.45) is 0 Å². The average molecular weight is 278 g/mol. The van der Waals surface area contributed by atoms with Gasteiger partial charge in [-0.1, -0.05) is 35.9 Å². The van der Waals surface area contributed by atoms with Gasteiger partial charge in [0.15, 0.2) is 0 Å². The molecule has 1 amide bonds. The summed E-state index contributed by atoms with van der Waals surface area (Å²) in [7, 11) is 0. The molecule has 0 saturated heterocycles. The van der Waals surface area contributed by atoms with E-state index < -0.39 is 0 Å². The molecule has 2 aromatic carbocycles. The monoisotopic (exact) mass is 278 g/mol. The predicted molar refractivity (Wildman–Crippen MR) is 84.3 cm³/mol. The predicted octanol–water partition coefficient (Wildman–Crippen LogP) is 3.86. The van der Waals surface area contributed by atoms with E-state index in [4.69, 9.17) is 5.26 Å². The highest BCUT2D eigenvalue weighted by atomic mass is 16.2. The highest BCUT2D eigenvalue weighted by Gasteiger charge is 2.19. The molecule has 0 fully saturated rings. The molecule has 0 atom stereocenters. The number of amides is 1. The van der Waals surface area contributed by atoms with Gasteiger partial charge in [-0.05, 0) is 37.6 Å². The highest BCUT2D eigenvalue weighted by Crippen LogP contribution is 2.20. The Balaban J connectivity index is 2.39. The smallest absolute Gasteiger partial charge is 0.258 e. The first-order chi connectivity index (χ1) is 10.1. The summed E-state index contributed by atoms with van der Waals surface area (Å²) in [6.45, 7) is 4.30. The lowest BCUT2D eigenvalue weighted by molar-refractivity contribution is 0.0987. The molecule has 2 rings (SSSR count). The second-order valence-corrected chi connectivity index (χ2v) is 5.02. The molecule has 0 N–H and O–H groups in total. The van der Waals surface area contributed by atoms with Crippen molar-refractivity contribution >= 4 is 11.6 Å². The van der Waals surface area contributed by atoms with E-state index in [-0.39, 0.29) is 5.91 Å². The van der Waals surface area contributed by atoms with Crippen LogP contribution in [0, 0.1) is 25.2 Å². The molecular formula is C18H18N2O. The fraction of sp³-hybridized carbons (Fsp3) is 0.222. The summed E-state index contributed by atoms with van der Waals surface area (Å²) >= 11 is 0. The van der Waals surface area contributed by atoms with E-state index in [0.29, 0.717) is 18.5 Å². The zero-order valence-electron chi connectivity index (χ0n) is 12.3. The molecule has 0 aliphatic carbocycles. The van der Waals surface area contributed by atoms with Gasteiger partial charge in [0.1, 0.15) is 0 Å². The number of rotatable bonds is 4. The van der Waals surface area contributed by atoms with Gasteiger partial charge in [0.2, 0.25) is 0 Å². The molecule has 0 aliphatic heterocycles. The van der Waals surface area contributed by atoms with Crippen molar-refractivity contribution in [3.05, 3.63) is 65.2 Å². The molecule has 21 heavy (non-hydrogen) atoms. The minimum absolute atomic E-state index is 0.0577. The Kier molecular flexibility index (Phi) is 4.73. The fourth-order valence-electron chi connectivity index (χ4n) is 2.23. The standard InChI is InChI=1S/C18H18N2O/c1-14-9-10-15(2)17(13-14)18(21)20(12-6-11-19)16-7-4-3-5-8-16/h3-5,7-10,13H,6,12H2,1-2H3. The van der Waals surface area contributed by atoms with Gasteiger partial charge in [-0.25, -0.2) is 0 Å². The van der Waals surface area contributed by atoms with Crippen molar-refractivity contribution in [3.8, 4) is 6.07 Å². The van der Waals surface area contributed by atoms with E-state index in [1.165, 1.54) is 0 Å². The van der Waals surface area contributed by atoms with Crippen LogP contribution in [0.2, 0.25) is 0 Å². The number of aryl methyl sites for hydroxylation is 2. The second kappa shape index (κ2) is 6.71. The first-order valence-corrected chi connectivity index (χ1v) is 6.94. The summed E-state index contributed by atoms with van der Waals surface area (Å²) in [5, 5.41) is 8.83. The SMILES string of the molecule is Cc1ccc(C)c(C(=O)N(CCC#N)c2ccccc2)c1. The van der Waals surface area contributed by atoms with E-state index >= 15 is 0 Å². The van der Waals surface area contributed by atoms with Crippen LogP contribution >= 0.6 is 0 Å². The third-order valence-electron chi connectivity index (χ3n) is 3.38. The van der Waals surface area contributed by atoms with Crippen LogP contribution in [0.25, 0.3) is 0 Å². The zero-order chi connectivity index (χ0) is 15.2. The van der Waals surface area contributed by atoms with Crippen LogP contribution in [0.4, 0.5) is 5.69 Å². The lowest BCUT2D eigenvalue weighted by Gasteiger charge is -2.23. The first-order valence-electron chi connectivity index (χ1n) is 6.94. The van der Waals surface area contributed by atoms with Gasteiger partial charge in [0, 0.05) is 17.8 Å². The number of carbonyl (C=O) groups is 1. The Hall–Kier alpha value is -2.60. The maximum absolute atomic E-state index is 12.8. The Morgan fingerprint density at radius 2 is 1.86 bits per heavy atom. The van der Waals surface area contributed by atoms with Gasteiger partial charge in [-0.15, -0.1) is 0 Å². The van der Waals surface area contributed by atoms with E-state index in [0.717, 1.165) is 16.8 Å². The highest BCUT2D eigenvalue weighted by molar-refractivity contribution is 6.07. The number of nitrogens with zero attached hydrogens (tertiary/aromatic N) is 2. The third kappa shape index (κ3) is 3.49. The van der Waals surface area contributed by atoms with Crippen LogP contribution in [0.5, 0.6) is 0 Å². The van der Waals surface area contributed by atoms with Crippen LogP contribution in [-0.2, 0) is 0 Å². The lowest BCUT2D eigenvalue weighted by atomic mass is 10.0. The molecule has 106 valence electrons. The molecule has 2 aromatic rings. The summed E-state index contributed by atoms with van der Waals surface area (Å²) in [4.78, 5) is 14.5. The number of hydrogen-bond acceptors (Lipinski definition) is 2. The molecule has 0 radical (unpaired) electrons. The van der Waals surface area contributed by atoms with Crippen molar-refractivity contribution in [3.63, 3.8) is 0 Å². The molecule has 0 saturated carbocycles. The summed E-state index contributed by atoms with van der Waals surface area (Å²) in [6.07, 6.45) is 0.311. The third-order valence-corrected chi connectivity index (χ3v) is 3.38. The van der Waals surface area contributed by atoms with Crippen LogP contribution in [0.15, 0.2) is 48.5 Å². The molecule has 0 heterocycles. The minimum Gasteiger partial charge on any atom is -0.307 e. The van der Waals surface area contributed by atoms with E-state index in [1.807, 2.05) is 62.4 Å². The van der Waals surface area contributed by atoms with Crippen LogP contribution in [0.3, 0.4) is 0 Å². The van der Waals surface area contributed by atoms with Crippen molar-refractivity contribution in [2.75, 3.05) is 11.4 Å². The molecule has 0 aromatic heterocycles. The van der Waals surface area contributed by atoms with Crippen molar-refractivity contribution < 1.29 is 4.79 Å². The molecular weight excluding hydrogens is 260 g/mol. The first kappa shape index (κ1) is 14.8. The molecule has 0 unspecified atom stereocenters. The van der Waals surface area contributed by atoms with Gasteiger partial charge >= 0.3 is 0 Å². The number of benzene rings is 2. The van der Waals surface area contributed by atoms with Gasteiger partial charge < -0.3 is 4.90 Å². The zero-order valence-corrected chi connectivity index (χ0v) is 12.3. The Bertz CT molecular complexity index is 671. The maximum atomic E-state index is 12.8. The number of carbonyl (C=O) groups excluding carboxylic acids is 1. The van der Waals surface area contributed by atoms with Crippen molar-refractivity contribution in [1.29, 1.82) is 5.26 Å². The van der Waals surface area contributed by atoms with E-state index in [2.05, 4.69) is 6.07 Å². The number of nitriles is 1. The molecule has 0 bridgehead atoms. The number of para-hydroxylation sites is 1.